The number of aromatic amines is 1. The van der Waals surface area contributed by atoms with Crippen molar-refractivity contribution in [1.82, 2.24) is 15.2 Å². The van der Waals surface area contributed by atoms with Crippen molar-refractivity contribution in [2.75, 3.05) is 26.7 Å². The number of aromatic hydroxyl groups is 1. The summed E-state index contributed by atoms with van der Waals surface area (Å²) >= 11 is 0. The highest BCUT2D eigenvalue weighted by Gasteiger charge is 2.15. The maximum Gasteiger partial charge on any atom is 0.248 e. The number of aromatic nitrogens is 1. The summed E-state index contributed by atoms with van der Waals surface area (Å²) in [7, 11) is 2.24. The number of phenolic OH excluding ortho intramolecular Hbond substituents is 1. The van der Waals surface area contributed by atoms with Crippen LogP contribution in [0.4, 0.5) is 0 Å². The number of fused-ring (bicyclic) bond motifs is 1. The van der Waals surface area contributed by atoms with Crippen molar-refractivity contribution in [1.29, 1.82) is 0 Å². The second-order valence-corrected chi connectivity index (χ2v) is 9.21. The molecule has 0 fully saturated rings. The maximum absolute atomic E-state index is 11.5. The van der Waals surface area contributed by atoms with E-state index in [4.69, 9.17) is 0 Å². The number of H-pyrrole nitrogens is 1. The van der Waals surface area contributed by atoms with Gasteiger partial charge in [-0.3, -0.25) is 4.79 Å². The van der Waals surface area contributed by atoms with Crippen molar-refractivity contribution in [3.8, 4) is 17.6 Å². The van der Waals surface area contributed by atoms with Crippen LogP contribution >= 0.6 is 0 Å². The van der Waals surface area contributed by atoms with Gasteiger partial charge in [0.25, 0.3) is 0 Å². The van der Waals surface area contributed by atoms with Gasteiger partial charge in [-0.25, -0.2) is 0 Å². The van der Waals surface area contributed by atoms with Gasteiger partial charge in [0.2, 0.25) is 5.56 Å². The summed E-state index contributed by atoms with van der Waals surface area (Å²) in [5, 5.41) is 24.5. The van der Waals surface area contributed by atoms with Crippen molar-refractivity contribution < 1.29 is 10.2 Å². The Bertz CT molecular complexity index is 991. The minimum atomic E-state index is -0.696. The monoisotopic (exact) mass is 453 g/mol. The first kappa shape index (κ1) is 25.3. The molecule has 3 rings (SSSR count). The number of aliphatic hydroxyl groups excluding tert-OH is 1. The molecule has 1 aromatic carbocycles. The average molecular weight is 454 g/mol. The number of pyridine rings is 1. The highest BCUT2D eigenvalue weighted by Crippen LogP contribution is 2.28. The lowest BCUT2D eigenvalue weighted by atomic mass is 10.0. The number of hydrogen-bond donors (Lipinski definition) is 4. The Morgan fingerprint density at radius 2 is 1.85 bits per heavy atom. The van der Waals surface area contributed by atoms with E-state index in [0.717, 1.165) is 25.8 Å². The first-order valence-electron chi connectivity index (χ1n) is 12.5. The van der Waals surface area contributed by atoms with Crippen LogP contribution in [0.2, 0.25) is 0 Å². The van der Waals surface area contributed by atoms with Crippen LogP contribution in [0.25, 0.3) is 10.9 Å². The van der Waals surface area contributed by atoms with Crippen LogP contribution in [0.3, 0.4) is 0 Å². The van der Waals surface area contributed by atoms with Gasteiger partial charge in [-0.05, 0) is 57.1 Å². The highest BCUT2D eigenvalue weighted by molar-refractivity contribution is 5.87. The molecular weight excluding hydrogens is 414 g/mol. The van der Waals surface area contributed by atoms with E-state index < -0.39 is 6.10 Å². The van der Waals surface area contributed by atoms with Crippen molar-refractivity contribution in [2.24, 2.45) is 0 Å². The molecule has 1 aromatic heterocycles. The quantitative estimate of drug-likeness (QED) is 0.256. The third-order valence-corrected chi connectivity index (χ3v) is 6.66. The number of rotatable bonds is 14. The van der Waals surface area contributed by atoms with E-state index in [0.29, 0.717) is 29.1 Å². The Labute approximate surface area is 197 Å². The van der Waals surface area contributed by atoms with E-state index in [1.54, 1.807) is 12.1 Å². The van der Waals surface area contributed by atoms with Crippen LogP contribution in [-0.2, 0) is 0 Å². The molecule has 1 aliphatic carbocycles. The van der Waals surface area contributed by atoms with E-state index in [1.165, 1.54) is 63.6 Å². The largest absolute Gasteiger partial charge is 0.506 e. The molecule has 0 saturated carbocycles. The third kappa shape index (κ3) is 7.89. The van der Waals surface area contributed by atoms with Crippen LogP contribution in [0.15, 0.2) is 29.1 Å². The Morgan fingerprint density at radius 3 is 2.61 bits per heavy atom. The Hall–Kier alpha value is -2.33. The molecule has 0 saturated heterocycles. The molecule has 6 nitrogen and oxygen atoms in total. The lowest BCUT2D eigenvalue weighted by molar-refractivity contribution is 0.176. The second kappa shape index (κ2) is 13.4. The minimum absolute atomic E-state index is 0.0118. The summed E-state index contributed by atoms with van der Waals surface area (Å²) in [4.78, 5) is 16.7. The van der Waals surface area contributed by atoms with E-state index in [-0.39, 0.29) is 11.3 Å². The molecule has 180 valence electrons. The zero-order chi connectivity index (χ0) is 23.5. The molecule has 1 aliphatic rings. The first-order valence-corrected chi connectivity index (χ1v) is 12.5. The smallest absolute Gasteiger partial charge is 0.248 e. The number of phenols is 1. The molecule has 0 amide bonds. The van der Waals surface area contributed by atoms with Gasteiger partial charge >= 0.3 is 0 Å². The summed E-state index contributed by atoms with van der Waals surface area (Å²) in [6, 6.07) is 6.95. The van der Waals surface area contributed by atoms with E-state index in [1.807, 2.05) is 0 Å². The molecular formula is C27H39N3O3. The predicted molar refractivity (Wildman–Crippen MR) is 134 cm³/mol. The van der Waals surface area contributed by atoms with Crippen LogP contribution in [0.1, 0.15) is 75.9 Å². The summed E-state index contributed by atoms with van der Waals surface area (Å²) in [5.41, 5.74) is 0.798. The van der Waals surface area contributed by atoms with Crippen molar-refractivity contribution in [3.63, 3.8) is 0 Å². The molecule has 33 heavy (non-hydrogen) atoms. The Kier molecular flexibility index (Phi) is 10.3. The van der Waals surface area contributed by atoms with Gasteiger partial charge < -0.3 is 25.4 Å². The Balaban J connectivity index is 1.22. The van der Waals surface area contributed by atoms with Crippen molar-refractivity contribution in [3.05, 3.63) is 40.2 Å². The molecule has 1 heterocycles. The zero-order valence-corrected chi connectivity index (χ0v) is 19.9. The van der Waals surface area contributed by atoms with Gasteiger partial charge in [-0.15, -0.1) is 11.8 Å². The highest BCUT2D eigenvalue weighted by atomic mass is 16.3. The van der Waals surface area contributed by atoms with Gasteiger partial charge in [-0.1, -0.05) is 38.2 Å². The summed E-state index contributed by atoms with van der Waals surface area (Å²) < 4.78 is 0. The van der Waals surface area contributed by atoms with Crippen LogP contribution in [-0.4, -0.2) is 52.8 Å². The molecule has 2 atom stereocenters. The normalized spacial score (nSPS) is 16.6. The molecule has 0 bridgehead atoms. The molecule has 2 aromatic rings. The van der Waals surface area contributed by atoms with Crippen LogP contribution in [0, 0.1) is 11.8 Å². The van der Waals surface area contributed by atoms with Gasteiger partial charge in [0.1, 0.15) is 5.75 Å². The van der Waals surface area contributed by atoms with Crippen molar-refractivity contribution >= 4 is 10.9 Å². The molecule has 4 N–H and O–H groups in total. The lowest BCUT2D eigenvalue weighted by Gasteiger charge is -2.27. The molecule has 1 unspecified atom stereocenters. The SMILES string of the molecule is CN(CCCCCCCCCNC[C@H](O)c1ccc(O)c2[nH]c(=O)ccc12)C1CC#CCC1. The van der Waals surface area contributed by atoms with Gasteiger partial charge in [-0.2, -0.15) is 0 Å². The average Bonchev–Trinajstić information content (AvgIpc) is 2.83. The number of hydrogen-bond acceptors (Lipinski definition) is 5. The van der Waals surface area contributed by atoms with E-state index >= 15 is 0 Å². The van der Waals surface area contributed by atoms with E-state index in [9.17, 15) is 15.0 Å². The van der Waals surface area contributed by atoms with Crippen molar-refractivity contribution in [2.45, 2.75) is 76.4 Å². The molecule has 0 radical (unpaired) electrons. The number of benzene rings is 1. The Morgan fingerprint density at radius 1 is 1.09 bits per heavy atom. The van der Waals surface area contributed by atoms with Crippen LogP contribution in [0.5, 0.6) is 5.75 Å². The van der Waals surface area contributed by atoms with Crippen LogP contribution < -0.4 is 10.9 Å². The van der Waals surface area contributed by atoms with Gasteiger partial charge in [0.05, 0.1) is 11.6 Å². The number of nitrogens with one attached hydrogen (secondary N) is 2. The molecule has 0 spiro atoms. The maximum atomic E-state index is 11.5. The number of nitrogens with zero attached hydrogens (tertiary/aromatic N) is 1. The fraction of sp³-hybridized carbons (Fsp3) is 0.593. The van der Waals surface area contributed by atoms with E-state index in [2.05, 4.69) is 34.1 Å². The number of unbranched alkanes of at least 4 members (excludes halogenated alkanes) is 6. The van der Waals surface area contributed by atoms with Gasteiger partial charge in [0.15, 0.2) is 0 Å². The fourth-order valence-corrected chi connectivity index (χ4v) is 4.57. The number of aliphatic hydroxyl groups is 1. The topological polar surface area (TPSA) is 88.6 Å². The molecule has 0 aliphatic heterocycles. The minimum Gasteiger partial charge on any atom is -0.506 e. The van der Waals surface area contributed by atoms with Gasteiger partial charge in [0, 0.05) is 36.9 Å². The summed E-state index contributed by atoms with van der Waals surface area (Å²) in [5.74, 6) is 6.45. The standard InChI is InChI=1S/C27H39N3O3/c1-30(21-12-8-7-9-13-21)19-11-6-4-2-3-5-10-18-28-20-25(32)22-14-16-24(31)27-23(22)15-17-26(33)29-27/h14-17,21,25,28,31-32H,2-6,8,10-13,18-20H2,1H3,(H,29,33)/t21?,25-/m0/s1. The first-order chi connectivity index (χ1) is 16.1. The third-order valence-electron chi connectivity index (χ3n) is 6.66. The summed E-state index contributed by atoms with van der Waals surface area (Å²) in [6.45, 7) is 2.50. The fourth-order valence-electron chi connectivity index (χ4n) is 4.57. The lowest BCUT2D eigenvalue weighted by Crippen LogP contribution is -2.33. The second-order valence-electron chi connectivity index (χ2n) is 9.21. The predicted octanol–water partition coefficient (Wildman–Crippen LogP) is 4.08. The zero-order valence-electron chi connectivity index (χ0n) is 19.9. The molecule has 6 heteroatoms. The summed E-state index contributed by atoms with van der Waals surface area (Å²) in [6.07, 6.45) is 11.4.